The van der Waals surface area contributed by atoms with Crippen molar-refractivity contribution < 1.29 is 17.2 Å². The normalized spacial score (nSPS) is 11.5. The summed E-state index contributed by atoms with van der Waals surface area (Å²) < 4.78 is 34.9. The van der Waals surface area contributed by atoms with Crippen molar-refractivity contribution >= 4 is 16.0 Å². The van der Waals surface area contributed by atoms with Gasteiger partial charge in [-0.3, -0.25) is 4.55 Å². The first-order valence-corrected chi connectivity index (χ1v) is 7.00. The van der Waals surface area contributed by atoms with Crippen molar-refractivity contribution in [3.8, 4) is 0 Å². The summed E-state index contributed by atoms with van der Waals surface area (Å²) in [5, 5.41) is 0. The van der Waals surface area contributed by atoms with E-state index >= 15 is 0 Å². The van der Waals surface area contributed by atoms with Gasteiger partial charge in [-0.25, -0.2) is 4.18 Å². The van der Waals surface area contributed by atoms with Crippen molar-refractivity contribution in [2.45, 2.75) is 26.4 Å². The summed E-state index contributed by atoms with van der Waals surface area (Å²) in [6.45, 7) is 8.81. The number of benzene rings is 1. The lowest BCUT2D eigenvalue weighted by Gasteiger charge is -2.23. The SMILES string of the molecule is C=C(C)c1cccc(C(C)(C)OS(=O)(=O)O)c1.CN. The molecule has 0 bridgehead atoms. The minimum Gasteiger partial charge on any atom is -0.333 e. The maximum Gasteiger partial charge on any atom is 0.398 e. The average molecular weight is 287 g/mol. The third-order valence-electron chi connectivity index (χ3n) is 2.36. The van der Waals surface area contributed by atoms with E-state index in [4.69, 9.17) is 4.55 Å². The van der Waals surface area contributed by atoms with Gasteiger partial charge in [-0.05, 0) is 45.0 Å². The minimum atomic E-state index is -4.49. The molecule has 0 spiro atoms. The van der Waals surface area contributed by atoms with Crippen LogP contribution in [0.15, 0.2) is 30.8 Å². The smallest absolute Gasteiger partial charge is 0.333 e. The number of allylic oxidation sites excluding steroid dienone is 1. The van der Waals surface area contributed by atoms with Crippen LogP contribution in [0.4, 0.5) is 0 Å². The van der Waals surface area contributed by atoms with E-state index in [0.29, 0.717) is 5.56 Å². The van der Waals surface area contributed by atoms with Crippen LogP contribution in [0.5, 0.6) is 0 Å². The average Bonchev–Trinajstić information content (AvgIpc) is 2.29. The van der Waals surface area contributed by atoms with Gasteiger partial charge in [0.05, 0.1) is 0 Å². The summed E-state index contributed by atoms with van der Waals surface area (Å²) in [6.07, 6.45) is 0. The molecule has 5 nitrogen and oxygen atoms in total. The Balaban J connectivity index is 0.00000154. The Labute approximate surface area is 115 Å². The van der Waals surface area contributed by atoms with Gasteiger partial charge in [-0.1, -0.05) is 30.4 Å². The monoisotopic (exact) mass is 287 g/mol. The molecule has 0 radical (unpaired) electrons. The zero-order chi connectivity index (χ0) is 15.3. The van der Waals surface area contributed by atoms with E-state index in [-0.39, 0.29) is 0 Å². The molecule has 1 aromatic rings. The molecule has 1 aromatic carbocycles. The number of hydrogen-bond acceptors (Lipinski definition) is 4. The summed E-state index contributed by atoms with van der Waals surface area (Å²) in [4.78, 5) is 0. The fourth-order valence-electron chi connectivity index (χ4n) is 1.47. The molecule has 3 N–H and O–H groups in total. The Morgan fingerprint density at radius 1 is 1.37 bits per heavy atom. The highest BCUT2D eigenvalue weighted by Gasteiger charge is 2.27. The van der Waals surface area contributed by atoms with Gasteiger partial charge in [0.25, 0.3) is 0 Å². The molecule has 0 aliphatic heterocycles. The maximum atomic E-state index is 10.8. The summed E-state index contributed by atoms with van der Waals surface area (Å²) in [5.74, 6) is 0. The van der Waals surface area contributed by atoms with E-state index in [9.17, 15) is 8.42 Å². The molecular weight excluding hydrogens is 266 g/mol. The van der Waals surface area contributed by atoms with Crippen LogP contribution >= 0.6 is 0 Å². The predicted octanol–water partition coefficient (Wildman–Crippen LogP) is 2.35. The van der Waals surface area contributed by atoms with Gasteiger partial charge < -0.3 is 5.73 Å². The standard InChI is InChI=1S/C12H16O4S.CH5N/c1-9(2)10-6-5-7-11(8-10)12(3,4)16-17(13,14)15;1-2/h5-8H,1H2,2-4H3,(H,13,14,15);2H2,1H3. The Hall–Kier alpha value is -1.21. The zero-order valence-electron chi connectivity index (χ0n) is 11.7. The summed E-state index contributed by atoms with van der Waals surface area (Å²) >= 11 is 0. The highest BCUT2D eigenvalue weighted by Crippen LogP contribution is 2.28. The van der Waals surface area contributed by atoms with E-state index in [2.05, 4.69) is 16.5 Å². The first-order valence-electron chi connectivity index (χ1n) is 5.64. The second-order valence-corrected chi connectivity index (χ2v) is 5.40. The van der Waals surface area contributed by atoms with Crippen LogP contribution in [-0.4, -0.2) is 20.0 Å². The number of nitrogens with two attached hydrogens (primary N) is 1. The van der Waals surface area contributed by atoms with Gasteiger partial charge in [-0.15, -0.1) is 0 Å². The topological polar surface area (TPSA) is 89.6 Å². The van der Waals surface area contributed by atoms with Crippen LogP contribution in [0, 0.1) is 0 Å². The highest BCUT2D eigenvalue weighted by atomic mass is 32.3. The van der Waals surface area contributed by atoms with E-state index in [1.54, 1.807) is 32.0 Å². The molecule has 0 unspecified atom stereocenters. The molecule has 0 aromatic heterocycles. The highest BCUT2D eigenvalue weighted by molar-refractivity contribution is 7.80. The largest absolute Gasteiger partial charge is 0.398 e. The van der Waals surface area contributed by atoms with Crippen LogP contribution < -0.4 is 5.73 Å². The van der Waals surface area contributed by atoms with Gasteiger partial charge in [-0.2, -0.15) is 8.42 Å². The molecule has 19 heavy (non-hydrogen) atoms. The molecule has 6 heteroatoms. The van der Waals surface area contributed by atoms with Crippen LogP contribution in [0.25, 0.3) is 5.57 Å². The Morgan fingerprint density at radius 2 is 1.89 bits per heavy atom. The number of hydrogen-bond donors (Lipinski definition) is 2. The molecule has 0 saturated carbocycles. The third-order valence-corrected chi connectivity index (χ3v) is 2.99. The molecule has 0 atom stereocenters. The molecular formula is C13H21NO4S. The van der Waals surface area contributed by atoms with E-state index in [1.165, 1.54) is 7.05 Å². The summed E-state index contributed by atoms with van der Waals surface area (Å²) in [6, 6.07) is 7.18. The first kappa shape index (κ1) is 17.8. The quantitative estimate of drug-likeness (QED) is 0.830. The van der Waals surface area contributed by atoms with E-state index < -0.39 is 16.0 Å². The van der Waals surface area contributed by atoms with Gasteiger partial charge in [0.15, 0.2) is 0 Å². The molecule has 0 aliphatic rings. The second-order valence-electron chi connectivity index (χ2n) is 4.38. The molecule has 0 fully saturated rings. The van der Waals surface area contributed by atoms with Crippen molar-refractivity contribution in [3.05, 3.63) is 42.0 Å². The van der Waals surface area contributed by atoms with Crippen LogP contribution in [0.2, 0.25) is 0 Å². The van der Waals surface area contributed by atoms with Gasteiger partial charge in [0.2, 0.25) is 0 Å². The summed E-state index contributed by atoms with van der Waals surface area (Å²) in [5.41, 5.74) is 5.79. The first-order chi connectivity index (χ1) is 8.62. The van der Waals surface area contributed by atoms with Gasteiger partial charge in [0, 0.05) is 0 Å². The molecule has 0 saturated heterocycles. The van der Waals surface area contributed by atoms with Crippen molar-refractivity contribution in [3.63, 3.8) is 0 Å². The van der Waals surface area contributed by atoms with Crippen LogP contribution in [0.1, 0.15) is 31.9 Å². The molecule has 108 valence electrons. The van der Waals surface area contributed by atoms with Crippen LogP contribution in [-0.2, 0) is 20.2 Å². The Kier molecular flexibility index (Phi) is 6.38. The Morgan fingerprint density at radius 3 is 2.32 bits per heavy atom. The van der Waals surface area contributed by atoms with Crippen molar-refractivity contribution in [1.29, 1.82) is 0 Å². The fourth-order valence-corrected chi connectivity index (χ4v) is 2.09. The van der Waals surface area contributed by atoms with Gasteiger partial charge >= 0.3 is 10.4 Å². The summed E-state index contributed by atoms with van der Waals surface area (Å²) in [7, 11) is -2.99. The lowest BCUT2D eigenvalue weighted by Crippen LogP contribution is -2.25. The maximum absolute atomic E-state index is 10.8. The lowest BCUT2D eigenvalue weighted by molar-refractivity contribution is 0.0985. The van der Waals surface area contributed by atoms with E-state index in [1.807, 2.05) is 13.0 Å². The molecule has 0 amide bonds. The van der Waals surface area contributed by atoms with E-state index in [0.717, 1.165) is 11.1 Å². The second kappa shape index (κ2) is 6.81. The molecule has 1 rings (SSSR count). The van der Waals surface area contributed by atoms with Crippen molar-refractivity contribution in [2.75, 3.05) is 7.05 Å². The number of rotatable bonds is 4. The molecule has 0 heterocycles. The van der Waals surface area contributed by atoms with Crippen molar-refractivity contribution in [2.24, 2.45) is 5.73 Å². The Bertz CT molecular complexity index is 535. The lowest BCUT2D eigenvalue weighted by atomic mass is 9.95. The van der Waals surface area contributed by atoms with Crippen LogP contribution in [0.3, 0.4) is 0 Å². The van der Waals surface area contributed by atoms with Crippen molar-refractivity contribution in [1.82, 2.24) is 0 Å². The molecule has 0 aliphatic carbocycles. The predicted molar refractivity (Wildman–Crippen MR) is 76.9 cm³/mol. The minimum absolute atomic E-state index is 0.649. The third kappa shape index (κ3) is 5.98. The fraction of sp³-hybridized carbons (Fsp3) is 0.385. The zero-order valence-corrected chi connectivity index (χ0v) is 12.5. The van der Waals surface area contributed by atoms with Gasteiger partial charge in [0.1, 0.15) is 5.60 Å².